The van der Waals surface area contributed by atoms with Crippen LogP contribution in [-0.2, 0) is 4.79 Å². The quantitative estimate of drug-likeness (QED) is 0.219. The van der Waals surface area contributed by atoms with Crippen LogP contribution in [0.15, 0.2) is 0 Å². The molecule has 0 heterocycles. The zero-order valence-electron chi connectivity index (χ0n) is 8.58. The van der Waals surface area contributed by atoms with Gasteiger partial charge in [0.15, 0.2) is 0 Å². The number of nitrogens with one attached hydrogen (secondary N) is 1. The Morgan fingerprint density at radius 2 is 1.46 bits per heavy atom. The number of aliphatic carboxylic acids is 1. The third-order valence-electron chi connectivity index (χ3n) is 0.483. The summed E-state index contributed by atoms with van der Waals surface area (Å²) in [6, 6.07) is 0. The van der Waals surface area contributed by atoms with Crippen LogP contribution in [0.4, 0.5) is 0 Å². The molecule has 0 saturated heterocycles. The van der Waals surface area contributed by atoms with Crippen LogP contribution < -0.4 is 28.5 Å². The van der Waals surface area contributed by atoms with Gasteiger partial charge in [-0.3, -0.25) is 16.1 Å². The molecule has 0 aromatic carbocycles. The Hall–Kier alpha value is -0.730. The lowest BCUT2D eigenvalue weighted by molar-refractivity contribution is -0.136. The summed E-state index contributed by atoms with van der Waals surface area (Å²) in [4.78, 5) is 9.66. The zero-order chi connectivity index (χ0) is 11.7. The van der Waals surface area contributed by atoms with Crippen molar-refractivity contribution in [2.45, 2.75) is 6.42 Å². The van der Waals surface area contributed by atoms with Crippen molar-refractivity contribution < 1.29 is 9.90 Å². The van der Waals surface area contributed by atoms with E-state index >= 15 is 0 Å². The van der Waals surface area contributed by atoms with Crippen LogP contribution in [0.25, 0.3) is 0 Å². The van der Waals surface area contributed by atoms with Gasteiger partial charge in [0.05, 0.1) is 6.42 Å². The first-order chi connectivity index (χ1) is 6.27. The Kier molecular flexibility index (Phi) is 75.0. The molecule has 0 unspecified atom stereocenters. The molecule has 0 atom stereocenters. The van der Waals surface area contributed by atoms with Crippen molar-refractivity contribution in [2.24, 2.45) is 23.0 Å². The van der Waals surface area contributed by atoms with Gasteiger partial charge in [0, 0.05) is 6.54 Å². The lowest BCUT2D eigenvalue weighted by Gasteiger charge is -1.89. The average Bonchev–Trinajstić information content (AvgIpc) is 2.24. The summed E-state index contributed by atoms with van der Waals surface area (Å²) < 4.78 is 0. The number of carboxylic acid groups (broad SMARTS) is 1. The highest BCUT2D eigenvalue weighted by Crippen LogP contribution is 1.70. The largest absolute Gasteiger partial charge is 0.481 e. The van der Waals surface area contributed by atoms with Gasteiger partial charge in [0.1, 0.15) is 0 Å². The van der Waals surface area contributed by atoms with Gasteiger partial charge >= 0.3 is 5.97 Å². The number of hydrazine groups is 1. The Balaban J connectivity index is -0.0000000573. The highest BCUT2D eigenvalue weighted by molar-refractivity contribution is 5.66. The highest BCUT2D eigenvalue weighted by Gasteiger charge is 1.90. The molecule has 0 amide bonds. The molecule has 0 bridgehead atoms. The van der Waals surface area contributed by atoms with Crippen molar-refractivity contribution in [1.82, 2.24) is 5.43 Å². The Labute approximate surface area is 79.4 Å². The van der Waals surface area contributed by atoms with Crippen LogP contribution in [0.3, 0.4) is 0 Å². The van der Waals surface area contributed by atoms with Crippen molar-refractivity contribution in [3.8, 4) is 0 Å². The van der Waals surface area contributed by atoms with Gasteiger partial charge < -0.3 is 22.3 Å². The molecule has 0 radical (unpaired) electrons. The molecular formula is C6H23N5O2. The van der Waals surface area contributed by atoms with Gasteiger partial charge in [-0.1, -0.05) is 0 Å². The van der Waals surface area contributed by atoms with Crippen LogP contribution in [0, 0.1) is 0 Å². The molecule has 0 spiro atoms. The standard InChI is InChI=1S/C3H8N2O2.3CH5N/c4-5-2-1-3(6)7;3*1-2/h5H,1-2,4H2,(H,6,7);3*2H2,1H3. The SMILES string of the molecule is CN.CN.CN.NNCCC(=O)O. The van der Waals surface area contributed by atoms with E-state index in [0.717, 1.165) is 0 Å². The molecule has 13 heavy (non-hydrogen) atoms. The van der Waals surface area contributed by atoms with Gasteiger partial charge in [0.2, 0.25) is 0 Å². The predicted octanol–water partition coefficient (Wildman–Crippen LogP) is -2.35. The van der Waals surface area contributed by atoms with E-state index < -0.39 is 5.97 Å². The number of hydrogen-bond acceptors (Lipinski definition) is 6. The second-order valence-electron chi connectivity index (χ2n) is 1.10. The maximum Gasteiger partial charge on any atom is 0.304 e. The monoisotopic (exact) mass is 197 g/mol. The topological polar surface area (TPSA) is 153 Å². The lowest BCUT2D eigenvalue weighted by atomic mass is 10.4. The molecule has 0 saturated carbocycles. The Bertz CT molecular complexity index is 72.0. The summed E-state index contributed by atoms with van der Waals surface area (Å²) >= 11 is 0. The molecule has 0 aliphatic heterocycles. The van der Waals surface area contributed by atoms with E-state index in [0.29, 0.717) is 6.54 Å². The summed E-state index contributed by atoms with van der Waals surface area (Å²) in [5, 5.41) is 7.95. The third-order valence-corrected chi connectivity index (χ3v) is 0.483. The summed E-state index contributed by atoms with van der Waals surface area (Å²) in [5.74, 6) is 3.93. The number of carbonyl (C=O) groups is 1. The van der Waals surface area contributed by atoms with E-state index in [9.17, 15) is 4.79 Å². The van der Waals surface area contributed by atoms with Gasteiger partial charge in [-0.15, -0.1) is 0 Å². The summed E-state index contributed by atoms with van der Waals surface area (Å²) in [7, 11) is 4.50. The number of carboxylic acids is 1. The van der Waals surface area contributed by atoms with Crippen molar-refractivity contribution >= 4 is 5.97 Å². The number of rotatable bonds is 3. The fourth-order valence-corrected chi connectivity index (χ4v) is 0.179. The fraction of sp³-hybridized carbons (Fsp3) is 0.833. The summed E-state index contributed by atoms with van der Waals surface area (Å²) in [6.45, 7) is 0.329. The first-order valence-corrected chi connectivity index (χ1v) is 3.66. The van der Waals surface area contributed by atoms with E-state index in [4.69, 9.17) is 10.9 Å². The summed E-state index contributed by atoms with van der Waals surface area (Å²) in [6.07, 6.45) is 0.0799. The lowest BCUT2D eigenvalue weighted by Crippen LogP contribution is -2.24. The molecule has 84 valence electrons. The van der Waals surface area contributed by atoms with Gasteiger partial charge in [0.25, 0.3) is 0 Å². The van der Waals surface area contributed by atoms with Gasteiger partial charge in [-0.05, 0) is 21.1 Å². The molecule has 10 N–H and O–H groups in total. The molecule has 0 fully saturated rings. The fourth-order valence-electron chi connectivity index (χ4n) is 0.179. The van der Waals surface area contributed by atoms with E-state index in [2.05, 4.69) is 22.6 Å². The van der Waals surface area contributed by atoms with Crippen molar-refractivity contribution in [1.29, 1.82) is 0 Å². The molecule has 7 heteroatoms. The molecule has 0 aromatic rings. The number of nitrogens with two attached hydrogens (primary N) is 4. The maximum atomic E-state index is 9.66. The molecule has 0 rings (SSSR count). The summed E-state index contributed by atoms with van der Waals surface area (Å²) in [5.41, 5.74) is 15.7. The van der Waals surface area contributed by atoms with Crippen molar-refractivity contribution in [3.05, 3.63) is 0 Å². The van der Waals surface area contributed by atoms with E-state index in [1.165, 1.54) is 21.1 Å². The predicted molar refractivity (Wildman–Crippen MR) is 54.8 cm³/mol. The maximum absolute atomic E-state index is 9.66. The number of hydrogen-bond donors (Lipinski definition) is 6. The van der Waals surface area contributed by atoms with Gasteiger partial charge in [-0.2, -0.15) is 0 Å². The van der Waals surface area contributed by atoms with Crippen LogP contribution in [0.2, 0.25) is 0 Å². The van der Waals surface area contributed by atoms with E-state index in [1.54, 1.807) is 0 Å². The normalized spacial score (nSPS) is 6.08. The minimum Gasteiger partial charge on any atom is -0.481 e. The van der Waals surface area contributed by atoms with Crippen molar-refractivity contribution in [3.63, 3.8) is 0 Å². The molecule has 7 nitrogen and oxygen atoms in total. The zero-order valence-corrected chi connectivity index (χ0v) is 8.58. The first-order valence-electron chi connectivity index (χ1n) is 3.66. The highest BCUT2D eigenvalue weighted by atomic mass is 16.4. The van der Waals surface area contributed by atoms with Gasteiger partial charge in [-0.25, -0.2) is 0 Å². The first kappa shape index (κ1) is 22.8. The smallest absolute Gasteiger partial charge is 0.304 e. The third kappa shape index (κ3) is 90.6. The van der Waals surface area contributed by atoms with Crippen LogP contribution in [-0.4, -0.2) is 38.8 Å². The molecular weight excluding hydrogens is 174 g/mol. The van der Waals surface area contributed by atoms with Crippen LogP contribution >= 0.6 is 0 Å². The van der Waals surface area contributed by atoms with E-state index in [-0.39, 0.29) is 6.42 Å². The second-order valence-corrected chi connectivity index (χ2v) is 1.10. The van der Waals surface area contributed by atoms with Crippen LogP contribution in [0.1, 0.15) is 6.42 Å². The van der Waals surface area contributed by atoms with E-state index in [1.807, 2.05) is 0 Å². The molecule has 0 aliphatic rings. The molecule has 0 aliphatic carbocycles. The van der Waals surface area contributed by atoms with Crippen LogP contribution in [0.5, 0.6) is 0 Å². The minimum atomic E-state index is -0.835. The second kappa shape index (κ2) is 42.8. The Morgan fingerprint density at radius 1 is 1.15 bits per heavy atom. The average molecular weight is 197 g/mol. The Morgan fingerprint density at radius 3 is 1.54 bits per heavy atom. The van der Waals surface area contributed by atoms with Crippen molar-refractivity contribution in [2.75, 3.05) is 27.7 Å². The molecule has 0 aromatic heterocycles. The minimum absolute atomic E-state index is 0.0799.